The van der Waals surface area contributed by atoms with Gasteiger partial charge in [0.1, 0.15) is 0 Å². The average molecular weight is 360 g/mol. The number of methoxy groups -OCH3 is 1. The highest BCUT2D eigenvalue weighted by Gasteiger charge is 2.34. The minimum atomic E-state index is -0.475. The number of amides is 1. The van der Waals surface area contributed by atoms with E-state index in [1.165, 1.54) is 12.8 Å². The highest BCUT2D eigenvalue weighted by molar-refractivity contribution is 5.82. The average Bonchev–Trinajstić information content (AvgIpc) is 3.18. The fourth-order valence-electron chi connectivity index (χ4n) is 4.03. The van der Waals surface area contributed by atoms with Gasteiger partial charge in [0.15, 0.2) is 6.10 Å². The van der Waals surface area contributed by atoms with Crippen LogP contribution < -0.4 is 0 Å². The largest absolute Gasteiger partial charge is 0.383 e. The Kier molecular flexibility index (Phi) is 7.06. The van der Waals surface area contributed by atoms with Gasteiger partial charge in [-0.3, -0.25) is 9.69 Å². The van der Waals surface area contributed by atoms with Crippen LogP contribution in [0.15, 0.2) is 30.3 Å². The molecule has 1 saturated heterocycles. The van der Waals surface area contributed by atoms with E-state index < -0.39 is 6.10 Å². The number of ether oxygens (including phenoxy) is 2. The Morgan fingerprint density at radius 2 is 1.92 bits per heavy atom. The third kappa shape index (κ3) is 4.84. The summed E-state index contributed by atoms with van der Waals surface area (Å²) >= 11 is 0. The van der Waals surface area contributed by atoms with Crippen molar-refractivity contribution in [2.45, 2.75) is 50.9 Å². The summed E-state index contributed by atoms with van der Waals surface area (Å²) in [5.41, 5.74) is 0.971. The molecular weight excluding hydrogens is 328 g/mol. The van der Waals surface area contributed by atoms with Gasteiger partial charge in [-0.05, 0) is 25.3 Å². The number of carbonyl (C=O) groups is 1. The molecule has 1 aromatic rings. The lowest BCUT2D eigenvalue weighted by Gasteiger charge is -2.41. The third-order valence-electron chi connectivity index (χ3n) is 5.62. The second-order valence-corrected chi connectivity index (χ2v) is 7.50. The molecule has 5 nitrogen and oxygen atoms in total. The van der Waals surface area contributed by atoms with Crippen LogP contribution in [0.25, 0.3) is 0 Å². The lowest BCUT2D eigenvalue weighted by Crippen LogP contribution is -2.55. The lowest BCUT2D eigenvalue weighted by molar-refractivity contribution is -0.151. The molecule has 1 heterocycles. The summed E-state index contributed by atoms with van der Waals surface area (Å²) in [5.74, 6) is 0.112. The van der Waals surface area contributed by atoms with E-state index in [4.69, 9.17) is 9.47 Å². The van der Waals surface area contributed by atoms with Crippen LogP contribution in [0.4, 0.5) is 0 Å². The van der Waals surface area contributed by atoms with Crippen molar-refractivity contribution in [2.75, 3.05) is 39.9 Å². The summed E-state index contributed by atoms with van der Waals surface area (Å²) in [5, 5.41) is 0. The molecule has 1 amide bonds. The molecule has 2 atom stereocenters. The minimum Gasteiger partial charge on any atom is -0.383 e. The first-order valence-corrected chi connectivity index (χ1v) is 9.91. The van der Waals surface area contributed by atoms with Crippen molar-refractivity contribution in [1.29, 1.82) is 0 Å². The van der Waals surface area contributed by atoms with Crippen LogP contribution in [0.2, 0.25) is 0 Å². The number of hydrogen-bond acceptors (Lipinski definition) is 4. The second-order valence-electron chi connectivity index (χ2n) is 7.50. The van der Waals surface area contributed by atoms with Gasteiger partial charge in [-0.2, -0.15) is 0 Å². The smallest absolute Gasteiger partial charge is 0.256 e. The molecule has 1 aliphatic carbocycles. The first kappa shape index (κ1) is 19.3. The van der Waals surface area contributed by atoms with Crippen molar-refractivity contribution < 1.29 is 14.3 Å². The van der Waals surface area contributed by atoms with Crippen LogP contribution in [0.1, 0.15) is 44.3 Å². The first-order chi connectivity index (χ1) is 12.7. The first-order valence-electron chi connectivity index (χ1n) is 9.91. The van der Waals surface area contributed by atoms with Crippen molar-refractivity contribution in [2.24, 2.45) is 0 Å². The van der Waals surface area contributed by atoms with Gasteiger partial charge in [0.2, 0.25) is 0 Å². The molecule has 0 bridgehead atoms. The Hall–Kier alpha value is -1.43. The Bertz CT molecular complexity index is 560. The normalized spacial score (nSPS) is 23.3. The molecule has 1 saturated carbocycles. The molecule has 0 N–H and O–H groups in total. The van der Waals surface area contributed by atoms with Crippen LogP contribution in [0, 0.1) is 0 Å². The SMILES string of the molecule is COCCN1CCN(C(=O)[C@@H](OC2CCCC2)c2ccccc2)C[C@H]1C. The summed E-state index contributed by atoms with van der Waals surface area (Å²) < 4.78 is 11.5. The number of carbonyl (C=O) groups excluding carboxylic acids is 1. The van der Waals surface area contributed by atoms with E-state index in [9.17, 15) is 4.79 Å². The van der Waals surface area contributed by atoms with Crippen molar-refractivity contribution in [3.63, 3.8) is 0 Å². The van der Waals surface area contributed by atoms with E-state index in [0.29, 0.717) is 6.04 Å². The minimum absolute atomic E-state index is 0.112. The van der Waals surface area contributed by atoms with Gasteiger partial charge >= 0.3 is 0 Å². The van der Waals surface area contributed by atoms with Crippen molar-refractivity contribution in [3.05, 3.63) is 35.9 Å². The molecule has 0 aromatic heterocycles. The van der Waals surface area contributed by atoms with E-state index in [0.717, 1.165) is 51.2 Å². The van der Waals surface area contributed by atoms with Crippen molar-refractivity contribution in [1.82, 2.24) is 9.80 Å². The van der Waals surface area contributed by atoms with Gasteiger partial charge in [0.05, 0.1) is 12.7 Å². The lowest BCUT2D eigenvalue weighted by atomic mass is 10.1. The molecule has 5 heteroatoms. The van der Waals surface area contributed by atoms with Crippen LogP contribution in [-0.2, 0) is 14.3 Å². The monoisotopic (exact) mass is 360 g/mol. The Balaban J connectivity index is 1.67. The van der Waals surface area contributed by atoms with Gasteiger partial charge in [-0.1, -0.05) is 43.2 Å². The maximum Gasteiger partial charge on any atom is 0.256 e. The topological polar surface area (TPSA) is 42.0 Å². The third-order valence-corrected chi connectivity index (χ3v) is 5.62. The molecule has 0 radical (unpaired) electrons. The molecule has 1 aliphatic heterocycles. The highest BCUT2D eigenvalue weighted by Crippen LogP contribution is 2.29. The molecule has 1 aromatic carbocycles. The predicted octanol–water partition coefficient (Wildman–Crippen LogP) is 2.87. The summed E-state index contributed by atoms with van der Waals surface area (Å²) in [7, 11) is 1.73. The van der Waals surface area contributed by atoms with E-state index >= 15 is 0 Å². The highest BCUT2D eigenvalue weighted by atomic mass is 16.5. The van der Waals surface area contributed by atoms with Gasteiger partial charge < -0.3 is 14.4 Å². The van der Waals surface area contributed by atoms with Crippen LogP contribution in [0.3, 0.4) is 0 Å². The van der Waals surface area contributed by atoms with E-state index in [-0.39, 0.29) is 12.0 Å². The molecule has 0 unspecified atom stereocenters. The zero-order chi connectivity index (χ0) is 18.4. The number of nitrogens with zero attached hydrogens (tertiary/aromatic N) is 2. The van der Waals surface area contributed by atoms with Crippen LogP contribution >= 0.6 is 0 Å². The second kappa shape index (κ2) is 9.49. The zero-order valence-corrected chi connectivity index (χ0v) is 16.1. The van der Waals surface area contributed by atoms with E-state index in [2.05, 4.69) is 11.8 Å². The number of benzene rings is 1. The van der Waals surface area contributed by atoms with Crippen molar-refractivity contribution >= 4 is 5.91 Å². The predicted molar refractivity (Wildman–Crippen MR) is 102 cm³/mol. The maximum absolute atomic E-state index is 13.3. The van der Waals surface area contributed by atoms with Crippen molar-refractivity contribution in [3.8, 4) is 0 Å². The summed E-state index contributed by atoms with van der Waals surface area (Å²) in [4.78, 5) is 17.7. The molecule has 2 fully saturated rings. The van der Waals surface area contributed by atoms with Gasteiger partial charge in [0, 0.05) is 39.3 Å². The molecular formula is C21H32N2O3. The molecule has 26 heavy (non-hydrogen) atoms. The van der Waals surface area contributed by atoms with Crippen LogP contribution in [-0.4, -0.2) is 67.7 Å². The van der Waals surface area contributed by atoms with E-state index in [1.54, 1.807) is 7.11 Å². The fourth-order valence-corrected chi connectivity index (χ4v) is 4.03. The molecule has 0 spiro atoms. The van der Waals surface area contributed by atoms with Gasteiger partial charge in [-0.15, -0.1) is 0 Å². The molecule has 3 rings (SSSR count). The summed E-state index contributed by atoms with van der Waals surface area (Å²) in [6, 6.07) is 10.3. The summed E-state index contributed by atoms with van der Waals surface area (Å²) in [6.07, 6.45) is 4.28. The van der Waals surface area contributed by atoms with Crippen LogP contribution in [0.5, 0.6) is 0 Å². The standard InChI is InChI=1S/C21H32N2O3/c1-17-16-23(13-12-22(17)14-15-25-2)21(24)20(18-8-4-3-5-9-18)26-19-10-6-7-11-19/h3-5,8-9,17,19-20H,6-7,10-16H2,1-2H3/t17-,20+/m1/s1. The number of rotatable bonds is 7. The van der Waals surface area contributed by atoms with Gasteiger partial charge in [-0.25, -0.2) is 0 Å². The quantitative estimate of drug-likeness (QED) is 0.750. The molecule has 2 aliphatic rings. The Morgan fingerprint density at radius 3 is 2.58 bits per heavy atom. The summed E-state index contributed by atoms with van der Waals surface area (Å²) in [6.45, 7) is 6.23. The van der Waals surface area contributed by atoms with E-state index in [1.807, 2.05) is 35.2 Å². The zero-order valence-electron chi connectivity index (χ0n) is 16.1. The molecule has 144 valence electrons. The van der Waals surface area contributed by atoms with Gasteiger partial charge in [0.25, 0.3) is 5.91 Å². The fraction of sp³-hybridized carbons (Fsp3) is 0.667. The maximum atomic E-state index is 13.3. The number of hydrogen-bond donors (Lipinski definition) is 0. The Labute approximate surface area is 157 Å². The Morgan fingerprint density at radius 1 is 1.19 bits per heavy atom. The number of piperazine rings is 1.